The van der Waals surface area contributed by atoms with Crippen LogP contribution < -0.4 is 0 Å². The molecule has 3 nitrogen and oxygen atoms in total. The maximum atomic E-state index is 11.7. The Kier molecular flexibility index (Phi) is 5.91. The fourth-order valence-electron chi connectivity index (χ4n) is 2.29. The molecule has 0 amide bonds. The number of carboxylic acids is 1. The van der Waals surface area contributed by atoms with Gasteiger partial charge >= 0.3 is 5.97 Å². The summed E-state index contributed by atoms with van der Waals surface area (Å²) in [5.41, 5.74) is 2.02. The summed E-state index contributed by atoms with van der Waals surface area (Å²) in [7, 11) is 0. The van der Waals surface area contributed by atoms with Gasteiger partial charge in [-0.2, -0.15) is 0 Å². The van der Waals surface area contributed by atoms with Crippen molar-refractivity contribution in [2.75, 3.05) is 13.1 Å². The van der Waals surface area contributed by atoms with Crippen molar-refractivity contribution in [1.82, 2.24) is 4.90 Å². The van der Waals surface area contributed by atoms with Gasteiger partial charge in [0.15, 0.2) is 0 Å². The molecule has 1 atom stereocenters. The molecule has 0 saturated carbocycles. The van der Waals surface area contributed by atoms with E-state index in [2.05, 4.69) is 33.9 Å². The minimum absolute atomic E-state index is 0.0547. The van der Waals surface area contributed by atoms with Crippen molar-refractivity contribution in [3.8, 4) is 0 Å². The number of benzene rings is 1. The Morgan fingerprint density at radius 2 is 1.67 bits per heavy atom. The zero-order chi connectivity index (χ0) is 16.0. The van der Waals surface area contributed by atoms with Crippen LogP contribution in [0.15, 0.2) is 49.6 Å². The molecule has 0 radical (unpaired) electrons. The van der Waals surface area contributed by atoms with E-state index in [0.717, 1.165) is 5.56 Å². The van der Waals surface area contributed by atoms with Crippen LogP contribution in [0.1, 0.15) is 37.9 Å². The number of aliphatic carboxylic acids is 1. The summed E-state index contributed by atoms with van der Waals surface area (Å²) in [6, 6.07) is 7.13. The molecule has 0 heterocycles. The fourth-order valence-corrected chi connectivity index (χ4v) is 2.29. The first-order valence-electron chi connectivity index (χ1n) is 7.10. The van der Waals surface area contributed by atoms with E-state index in [1.165, 1.54) is 5.56 Å². The van der Waals surface area contributed by atoms with Gasteiger partial charge in [-0.15, -0.1) is 13.2 Å². The molecule has 0 fully saturated rings. The Labute approximate surface area is 127 Å². The van der Waals surface area contributed by atoms with Crippen molar-refractivity contribution in [2.24, 2.45) is 0 Å². The Morgan fingerprint density at radius 3 is 2.00 bits per heavy atom. The molecule has 0 bridgehead atoms. The Bertz CT molecular complexity index is 487. The van der Waals surface area contributed by atoms with Gasteiger partial charge in [-0.05, 0) is 16.5 Å². The first-order valence-corrected chi connectivity index (χ1v) is 7.10. The van der Waals surface area contributed by atoms with Crippen LogP contribution in [0.3, 0.4) is 0 Å². The first kappa shape index (κ1) is 17.2. The van der Waals surface area contributed by atoms with Crippen LogP contribution in [-0.4, -0.2) is 29.1 Å². The van der Waals surface area contributed by atoms with Gasteiger partial charge in [0, 0.05) is 13.1 Å². The Balaban J connectivity index is 3.13. The summed E-state index contributed by atoms with van der Waals surface area (Å²) in [5, 5.41) is 9.57. The molecule has 0 aromatic heterocycles. The van der Waals surface area contributed by atoms with Crippen molar-refractivity contribution in [3.05, 3.63) is 60.7 Å². The molecule has 0 spiro atoms. The number of hydrogen-bond acceptors (Lipinski definition) is 2. The lowest BCUT2D eigenvalue weighted by atomic mass is 9.86. The van der Waals surface area contributed by atoms with Gasteiger partial charge in [0.1, 0.15) is 6.04 Å². The molecule has 0 aliphatic heterocycles. The van der Waals surface area contributed by atoms with Crippen LogP contribution >= 0.6 is 0 Å². The molecular formula is C18H25NO2. The lowest BCUT2D eigenvalue weighted by Gasteiger charge is -2.27. The average Bonchev–Trinajstić information content (AvgIpc) is 2.38. The highest BCUT2D eigenvalue weighted by Gasteiger charge is 2.26. The van der Waals surface area contributed by atoms with E-state index in [0.29, 0.717) is 13.1 Å². The number of carboxylic acid groups (broad SMARTS) is 1. The second kappa shape index (κ2) is 7.23. The summed E-state index contributed by atoms with van der Waals surface area (Å²) in [6.45, 7) is 14.8. The Morgan fingerprint density at radius 1 is 1.19 bits per heavy atom. The van der Waals surface area contributed by atoms with E-state index < -0.39 is 12.0 Å². The van der Waals surface area contributed by atoms with E-state index in [1.54, 1.807) is 12.2 Å². The van der Waals surface area contributed by atoms with E-state index >= 15 is 0 Å². The van der Waals surface area contributed by atoms with Gasteiger partial charge in [0.2, 0.25) is 0 Å². The molecule has 1 rings (SSSR count). The molecule has 1 N–H and O–H groups in total. The minimum Gasteiger partial charge on any atom is -0.480 e. The third kappa shape index (κ3) is 4.57. The SMILES string of the molecule is C=CCN(CC=C)C(C(=O)O)c1ccc(C(C)(C)C)cc1. The largest absolute Gasteiger partial charge is 0.480 e. The van der Waals surface area contributed by atoms with E-state index in [4.69, 9.17) is 0 Å². The molecule has 21 heavy (non-hydrogen) atoms. The second-order valence-corrected chi connectivity index (χ2v) is 6.14. The van der Waals surface area contributed by atoms with Gasteiger partial charge < -0.3 is 5.11 Å². The summed E-state index contributed by atoms with van der Waals surface area (Å²) >= 11 is 0. The number of carbonyl (C=O) groups is 1. The average molecular weight is 287 g/mol. The van der Waals surface area contributed by atoms with E-state index in [9.17, 15) is 9.90 Å². The number of nitrogens with zero attached hydrogens (tertiary/aromatic N) is 1. The normalized spacial score (nSPS) is 13.0. The van der Waals surface area contributed by atoms with Crippen molar-refractivity contribution in [2.45, 2.75) is 32.2 Å². The van der Waals surface area contributed by atoms with Gasteiger partial charge in [0.25, 0.3) is 0 Å². The third-order valence-electron chi connectivity index (χ3n) is 3.42. The molecule has 1 unspecified atom stereocenters. The molecule has 0 saturated heterocycles. The van der Waals surface area contributed by atoms with Gasteiger partial charge in [-0.3, -0.25) is 9.69 Å². The first-order chi connectivity index (χ1) is 9.81. The maximum Gasteiger partial charge on any atom is 0.325 e. The molecule has 114 valence electrons. The monoisotopic (exact) mass is 287 g/mol. The van der Waals surface area contributed by atoms with Crippen LogP contribution in [0, 0.1) is 0 Å². The van der Waals surface area contributed by atoms with Crippen LogP contribution in [-0.2, 0) is 10.2 Å². The van der Waals surface area contributed by atoms with Crippen molar-refractivity contribution in [3.63, 3.8) is 0 Å². The van der Waals surface area contributed by atoms with Crippen LogP contribution in [0.25, 0.3) is 0 Å². The Hall–Kier alpha value is -1.87. The van der Waals surface area contributed by atoms with Crippen LogP contribution in [0.4, 0.5) is 0 Å². The quantitative estimate of drug-likeness (QED) is 0.776. The minimum atomic E-state index is -0.859. The summed E-state index contributed by atoms with van der Waals surface area (Å²) < 4.78 is 0. The van der Waals surface area contributed by atoms with E-state index in [1.807, 2.05) is 29.2 Å². The zero-order valence-electron chi connectivity index (χ0n) is 13.2. The standard InChI is InChI=1S/C18H25NO2/c1-6-12-19(13-7-2)16(17(20)21)14-8-10-15(11-9-14)18(3,4)5/h6-11,16H,1-2,12-13H2,3-5H3,(H,20,21). The fraction of sp³-hybridized carbons (Fsp3) is 0.389. The molecule has 1 aromatic carbocycles. The third-order valence-corrected chi connectivity index (χ3v) is 3.42. The van der Waals surface area contributed by atoms with Gasteiger partial charge in [0.05, 0.1) is 0 Å². The summed E-state index contributed by atoms with van der Waals surface area (Å²) in [4.78, 5) is 13.5. The van der Waals surface area contributed by atoms with Crippen molar-refractivity contribution in [1.29, 1.82) is 0 Å². The highest BCUT2D eigenvalue weighted by atomic mass is 16.4. The topological polar surface area (TPSA) is 40.5 Å². The highest BCUT2D eigenvalue weighted by Crippen LogP contribution is 2.26. The lowest BCUT2D eigenvalue weighted by Crippen LogP contribution is -2.34. The maximum absolute atomic E-state index is 11.7. The summed E-state index contributed by atoms with van der Waals surface area (Å²) in [6.07, 6.45) is 3.42. The zero-order valence-corrected chi connectivity index (χ0v) is 13.2. The van der Waals surface area contributed by atoms with Gasteiger partial charge in [-0.25, -0.2) is 0 Å². The predicted molar refractivity (Wildman–Crippen MR) is 87.5 cm³/mol. The number of hydrogen-bond donors (Lipinski definition) is 1. The van der Waals surface area contributed by atoms with E-state index in [-0.39, 0.29) is 5.41 Å². The molecule has 3 heteroatoms. The smallest absolute Gasteiger partial charge is 0.325 e. The van der Waals surface area contributed by atoms with Crippen LogP contribution in [0.2, 0.25) is 0 Å². The molecule has 0 aliphatic rings. The predicted octanol–water partition coefficient (Wildman–Crippen LogP) is 3.78. The second-order valence-electron chi connectivity index (χ2n) is 6.14. The molecule has 0 aliphatic carbocycles. The van der Waals surface area contributed by atoms with Crippen molar-refractivity contribution >= 4 is 5.97 Å². The molecular weight excluding hydrogens is 262 g/mol. The molecule has 1 aromatic rings. The van der Waals surface area contributed by atoms with Gasteiger partial charge in [-0.1, -0.05) is 57.2 Å². The lowest BCUT2D eigenvalue weighted by molar-refractivity contribution is -0.143. The highest BCUT2D eigenvalue weighted by molar-refractivity contribution is 5.75. The summed E-state index contributed by atoms with van der Waals surface area (Å²) in [5.74, 6) is -0.859. The van der Waals surface area contributed by atoms with Crippen LogP contribution in [0.5, 0.6) is 0 Å². The number of rotatable bonds is 7. The van der Waals surface area contributed by atoms with Crippen molar-refractivity contribution < 1.29 is 9.90 Å².